The second kappa shape index (κ2) is 8.93. The molecule has 0 amide bonds. The highest BCUT2D eigenvalue weighted by atomic mass is 79.9. The number of oxazole rings is 1. The Balaban J connectivity index is 1.55. The zero-order chi connectivity index (χ0) is 21.8. The van der Waals surface area contributed by atoms with Gasteiger partial charge in [-0.05, 0) is 70.5 Å². The molecule has 4 aromatic rings. The number of aromatic nitrogens is 1. The molecule has 0 saturated carbocycles. The molecule has 7 nitrogen and oxygen atoms in total. The summed E-state index contributed by atoms with van der Waals surface area (Å²) in [5, 5.41) is 11.1. The van der Waals surface area contributed by atoms with E-state index in [1.165, 1.54) is 6.07 Å². The van der Waals surface area contributed by atoms with Crippen molar-refractivity contribution in [1.82, 2.24) is 4.98 Å². The molecular weight excluding hydrogens is 462 g/mol. The fourth-order valence-corrected chi connectivity index (χ4v) is 3.53. The largest absolute Gasteiger partial charge is 0.496 e. The highest BCUT2D eigenvalue weighted by Gasteiger charge is 2.11. The number of halogens is 1. The van der Waals surface area contributed by atoms with Gasteiger partial charge in [-0.1, -0.05) is 12.1 Å². The molecule has 0 unspecified atom stereocenters. The first kappa shape index (κ1) is 20.5. The molecule has 1 aromatic heterocycles. The van der Waals surface area contributed by atoms with Gasteiger partial charge < -0.3 is 9.15 Å². The standard InChI is InChI=1S/C23H16BrN3O4/c1-30-21-10-8-16(13-18(21)24)23-26-19-14-17(9-11-22(19)31-23)25-12-4-6-15-5-2-3-7-20(15)27(28)29/h2-14H,1H3. The lowest BCUT2D eigenvalue weighted by atomic mass is 10.1. The van der Waals surface area contributed by atoms with Gasteiger partial charge in [0.2, 0.25) is 5.89 Å². The monoisotopic (exact) mass is 477 g/mol. The molecule has 0 atom stereocenters. The fraction of sp³-hybridized carbons (Fsp3) is 0.0435. The summed E-state index contributed by atoms with van der Waals surface area (Å²) >= 11 is 3.47. The molecule has 0 aliphatic carbocycles. The van der Waals surface area contributed by atoms with Crippen molar-refractivity contribution in [2.45, 2.75) is 0 Å². The van der Waals surface area contributed by atoms with Gasteiger partial charge in [-0.2, -0.15) is 0 Å². The summed E-state index contributed by atoms with van der Waals surface area (Å²) in [6.45, 7) is 0. The van der Waals surface area contributed by atoms with Gasteiger partial charge in [0.15, 0.2) is 5.58 Å². The minimum atomic E-state index is -0.408. The van der Waals surface area contributed by atoms with E-state index in [2.05, 4.69) is 25.9 Å². The van der Waals surface area contributed by atoms with Crippen LogP contribution in [-0.4, -0.2) is 23.2 Å². The molecule has 3 aromatic carbocycles. The summed E-state index contributed by atoms with van der Waals surface area (Å²) in [6, 6.07) is 17.6. The zero-order valence-electron chi connectivity index (χ0n) is 16.4. The number of rotatable bonds is 6. The maximum atomic E-state index is 11.1. The van der Waals surface area contributed by atoms with E-state index in [4.69, 9.17) is 9.15 Å². The summed E-state index contributed by atoms with van der Waals surface area (Å²) in [6.07, 6.45) is 4.89. The Bertz CT molecular complexity index is 1330. The van der Waals surface area contributed by atoms with Gasteiger partial charge in [-0.25, -0.2) is 4.98 Å². The lowest BCUT2D eigenvalue weighted by Gasteiger charge is -2.03. The van der Waals surface area contributed by atoms with E-state index < -0.39 is 4.92 Å². The lowest BCUT2D eigenvalue weighted by molar-refractivity contribution is -0.385. The molecular formula is C23H16BrN3O4. The van der Waals surface area contributed by atoms with Crippen molar-refractivity contribution < 1.29 is 14.1 Å². The van der Waals surface area contributed by atoms with Crippen LogP contribution in [0.15, 0.2) is 80.6 Å². The zero-order valence-corrected chi connectivity index (χ0v) is 17.9. The van der Waals surface area contributed by atoms with E-state index in [0.717, 1.165) is 15.8 Å². The number of methoxy groups -OCH3 is 1. The Morgan fingerprint density at radius 2 is 2.00 bits per heavy atom. The van der Waals surface area contributed by atoms with Crippen LogP contribution in [-0.2, 0) is 0 Å². The third-order valence-corrected chi connectivity index (χ3v) is 5.11. The summed E-state index contributed by atoms with van der Waals surface area (Å²) in [7, 11) is 1.61. The molecule has 0 radical (unpaired) electrons. The van der Waals surface area contributed by atoms with Crippen molar-refractivity contribution in [3.8, 4) is 17.2 Å². The third kappa shape index (κ3) is 4.54. The molecule has 0 aliphatic rings. The minimum absolute atomic E-state index is 0.0499. The lowest BCUT2D eigenvalue weighted by Crippen LogP contribution is -1.90. The second-order valence-corrected chi connectivity index (χ2v) is 7.33. The first-order valence-electron chi connectivity index (χ1n) is 9.24. The third-order valence-electron chi connectivity index (χ3n) is 4.49. The van der Waals surface area contributed by atoms with Crippen LogP contribution in [0.1, 0.15) is 5.56 Å². The van der Waals surface area contributed by atoms with Crippen molar-refractivity contribution in [2.24, 2.45) is 4.99 Å². The molecule has 154 valence electrons. The Labute approximate surface area is 186 Å². The van der Waals surface area contributed by atoms with Gasteiger partial charge in [0.25, 0.3) is 5.69 Å². The van der Waals surface area contributed by atoms with Crippen LogP contribution in [0.3, 0.4) is 0 Å². The Morgan fingerprint density at radius 1 is 1.16 bits per heavy atom. The van der Waals surface area contributed by atoms with E-state index in [1.807, 2.05) is 36.4 Å². The van der Waals surface area contributed by atoms with Gasteiger partial charge >= 0.3 is 0 Å². The van der Waals surface area contributed by atoms with E-state index >= 15 is 0 Å². The SMILES string of the molecule is COc1ccc(-c2nc3cc(N=CC=Cc4ccccc4[N+](=O)[O-])ccc3o2)cc1Br. The summed E-state index contributed by atoms with van der Waals surface area (Å²) in [5.41, 5.74) is 3.41. The molecule has 0 N–H and O–H groups in total. The van der Waals surface area contributed by atoms with Crippen molar-refractivity contribution >= 4 is 50.7 Å². The van der Waals surface area contributed by atoms with Crippen LogP contribution in [0.4, 0.5) is 11.4 Å². The van der Waals surface area contributed by atoms with Gasteiger partial charge in [-0.3, -0.25) is 15.1 Å². The van der Waals surface area contributed by atoms with Crippen LogP contribution in [0.25, 0.3) is 28.6 Å². The molecule has 0 aliphatic heterocycles. The molecule has 8 heteroatoms. The highest BCUT2D eigenvalue weighted by molar-refractivity contribution is 9.10. The quantitative estimate of drug-likeness (QED) is 0.177. The number of fused-ring (bicyclic) bond motifs is 1. The number of allylic oxidation sites excluding steroid dienone is 1. The number of benzene rings is 3. The number of para-hydroxylation sites is 1. The maximum absolute atomic E-state index is 11.1. The molecule has 0 bridgehead atoms. The normalized spacial score (nSPS) is 11.5. The predicted molar refractivity (Wildman–Crippen MR) is 124 cm³/mol. The van der Waals surface area contributed by atoms with Crippen LogP contribution in [0, 0.1) is 10.1 Å². The van der Waals surface area contributed by atoms with E-state index in [9.17, 15) is 10.1 Å². The van der Waals surface area contributed by atoms with E-state index in [0.29, 0.717) is 28.2 Å². The van der Waals surface area contributed by atoms with Crippen molar-refractivity contribution in [1.29, 1.82) is 0 Å². The van der Waals surface area contributed by atoms with Gasteiger partial charge in [0, 0.05) is 17.8 Å². The Hall–Kier alpha value is -3.78. The van der Waals surface area contributed by atoms with Crippen molar-refractivity contribution in [3.63, 3.8) is 0 Å². The first-order chi connectivity index (χ1) is 15.0. The highest BCUT2D eigenvalue weighted by Crippen LogP contribution is 2.32. The van der Waals surface area contributed by atoms with Crippen LogP contribution >= 0.6 is 15.9 Å². The van der Waals surface area contributed by atoms with Crippen LogP contribution < -0.4 is 4.74 Å². The summed E-state index contributed by atoms with van der Waals surface area (Å²) < 4.78 is 11.9. The van der Waals surface area contributed by atoms with Crippen LogP contribution in [0.5, 0.6) is 5.75 Å². The fourth-order valence-electron chi connectivity index (χ4n) is 2.99. The maximum Gasteiger partial charge on any atom is 0.276 e. The second-order valence-electron chi connectivity index (χ2n) is 6.47. The van der Waals surface area contributed by atoms with Crippen molar-refractivity contribution in [3.05, 3.63) is 86.9 Å². The minimum Gasteiger partial charge on any atom is -0.496 e. The topological polar surface area (TPSA) is 90.8 Å². The van der Waals surface area contributed by atoms with E-state index in [1.54, 1.807) is 43.7 Å². The smallest absolute Gasteiger partial charge is 0.276 e. The number of ether oxygens (including phenoxy) is 1. The average molecular weight is 478 g/mol. The first-order valence-corrected chi connectivity index (χ1v) is 10.0. The van der Waals surface area contributed by atoms with Crippen LogP contribution in [0.2, 0.25) is 0 Å². The summed E-state index contributed by atoms with van der Waals surface area (Å²) in [5.74, 6) is 1.22. The molecule has 0 saturated heterocycles. The van der Waals surface area contributed by atoms with Gasteiger partial charge in [0.1, 0.15) is 11.3 Å². The molecule has 0 spiro atoms. The summed E-state index contributed by atoms with van der Waals surface area (Å²) in [4.78, 5) is 19.6. The molecule has 4 rings (SSSR count). The number of nitro benzene ring substituents is 1. The Morgan fingerprint density at radius 3 is 2.77 bits per heavy atom. The number of nitrogens with zero attached hydrogens (tertiary/aromatic N) is 3. The number of aliphatic imine (C=N–C) groups is 1. The number of nitro groups is 1. The van der Waals surface area contributed by atoms with Gasteiger partial charge in [-0.15, -0.1) is 0 Å². The number of hydrogen-bond donors (Lipinski definition) is 0. The molecule has 0 fully saturated rings. The average Bonchev–Trinajstić information content (AvgIpc) is 3.20. The molecule has 1 heterocycles. The Kier molecular flexibility index (Phi) is 5.90. The van der Waals surface area contributed by atoms with E-state index in [-0.39, 0.29) is 5.69 Å². The molecule has 31 heavy (non-hydrogen) atoms. The predicted octanol–water partition coefficient (Wildman–Crippen LogP) is 6.59. The van der Waals surface area contributed by atoms with Gasteiger partial charge in [0.05, 0.1) is 27.8 Å². The van der Waals surface area contributed by atoms with Crippen molar-refractivity contribution in [2.75, 3.05) is 7.11 Å². The number of hydrogen-bond acceptors (Lipinski definition) is 6.